The maximum atomic E-state index is 11.9. The average Bonchev–Trinajstić information content (AvgIpc) is 2.35. The third-order valence-electron chi connectivity index (χ3n) is 3.11. The highest BCUT2D eigenvalue weighted by Gasteiger charge is 2.16. The smallest absolute Gasteiger partial charge is 0.253 e. The number of carbonyl (C=O) groups is 1. The zero-order valence-corrected chi connectivity index (χ0v) is 12.2. The highest BCUT2D eigenvalue weighted by molar-refractivity contribution is 5.97. The Labute approximate surface area is 114 Å². The van der Waals surface area contributed by atoms with Crippen LogP contribution in [0.1, 0.15) is 36.8 Å². The summed E-state index contributed by atoms with van der Waals surface area (Å²) >= 11 is 0. The number of rotatable bonds is 1. The quantitative estimate of drug-likeness (QED) is 0.784. The van der Waals surface area contributed by atoms with Crippen molar-refractivity contribution < 1.29 is 4.79 Å². The summed E-state index contributed by atoms with van der Waals surface area (Å²) < 4.78 is 0. The third-order valence-corrected chi connectivity index (χ3v) is 3.11. The van der Waals surface area contributed by atoms with E-state index in [1.807, 2.05) is 30.3 Å². The highest BCUT2D eigenvalue weighted by atomic mass is 16.2. The Morgan fingerprint density at radius 2 is 1.79 bits per heavy atom. The SMILES string of the molecule is CN(C)C(=O)c1ccc2nc(C(C)(C)C)ccc2c1. The van der Waals surface area contributed by atoms with E-state index in [0.717, 1.165) is 16.6 Å². The first-order valence-electron chi connectivity index (χ1n) is 6.42. The summed E-state index contributed by atoms with van der Waals surface area (Å²) in [5, 5.41) is 1.00. The van der Waals surface area contributed by atoms with Gasteiger partial charge in [0.2, 0.25) is 0 Å². The molecule has 0 aliphatic carbocycles. The van der Waals surface area contributed by atoms with Crippen molar-refractivity contribution >= 4 is 16.8 Å². The lowest BCUT2D eigenvalue weighted by atomic mass is 9.91. The first kappa shape index (κ1) is 13.5. The molecule has 0 unspecified atom stereocenters. The molecule has 1 aromatic carbocycles. The van der Waals surface area contributed by atoms with E-state index in [1.54, 1.807) is 19.0 Å². The largest absolute Gasteiger partial charge is 0.345 e. The van der Waals surface area contributed by atoms with Gasteiger partial charge < -0.3 is 4.90 Å². The predicted molar refractivity (Wildman–Crippen MR) is 78.5 cm³/mol. The van der Waals surface area contributed by atoms with Gasteiger partial charge in [-0.1, -0.05) is 26.8 Å². The van der Waals surface area contributed by atoms with E-state index in [9.17, 15) is 4.79 Å². The highest BCUT2D eigenvalue weighted by Crippen LogP contribution is 2.23. The molecule has 0 saturated carbocycles. The van der Waals surface area contributed by atoms with E-state index >= 15 is 0 Å². The number of amides is 1. The Kier molecular flexibility index (Phi) is 3.31. The number of hydrogen-bond donors (Lipinski definition) is 0. The first-order valence-corrected chi connectivity index (χ1v) is 6.42. The van der Waals surface area contributed by atoms with Crippen LogP contribution in [-0.4, -0.2) is 29.9 Å². The zero-order chi connectivity index (χ0) is 14.2. The lowest BCUT2D eigenvalue weighted by Crippen LogP contribution is -2.21. The topological polar surface area (TPSA) is 33.2 Å². The first-order chi connectivity index (χ1) is 8.79. The minimum absolute atomic E-state index is 0.0156. The second kappa shape index (κ2) is 4.65. The maximum absolute atomic E-state index is 11.9. The van der Waals surface area contributed by atoms with E-state index in [0.29, 0.717) is 5.56 Å². The third kappa shape index (κ3) is 2.75. The standard InChI is InChI=1S/C16H20N2O/c1-16(2,3)14-9-7-11-10-12(15(19)18(4)5)6-8-13(11)17-14/h6-10H,1-5H3. The van der Waals surface area contributed by atoms with Crippen LogP contribution in [0.3, 0.4) is 0 Å². The molecule has 0 fully saturated rings. The van der Waals surface area contributed by atoms with Crippen molar-refractivity contribution in [2.45, 2.75) is 26.2 Å². The molecule has 0 aliphatic rings. The summed E-state index contributed by atoms with van der Waals surface area (Å²) in [4.78, 5) is 18.2. The fourth-order valence-electron chi connectivity index (χ4n) is 1.93. The summed E-state index contributed by atoms with van der Waals surface area (Å²) in [5.41, 5.74) is 2.73. The van der Waals surface area contributed by atoms with Gasteiger partial charge in [0, 0.05) is 36.2 Å². The van der Waals surface area contributed by atoms with Crippen molar-refractivity contribution in [3.63, 3.8) is 0 Å². The molecule has 3 nitrogen and oxygen atoms in total. The van der Waals surface area contributed by atoms with Crippen LogP contribution in [-0.2, 0) is 5.41 Å². The molecule has 3 heteroatoms. The molecule has 1 amide bonds. The maximum Gasteiger partial charge on any atom is 0.253 e. The van der Waals surface area contributed by atoms with E-state index in [4.69, 9.17) is 0 Å². The van der Waals surface area contributed by atoms with Gasteiger partial charge >= 0.3 is 0 Å². The van der Waals surface area contributed by atoms with Gasteiger partial charge in [0.25, 0.3) is 5.91 Å². The molecule has 0 aliphatic heterocycles. The van der Waals surface area contributed by atoms with Crippen LogP contribution in [0.25, 0.3) is 10.9 Å². The van der Waals surface area contributed by atoms with Crippen LogP contribution in [0.2, 0.25) is 0 Å². The van der Waals surface area contributed by atoms with E-state index < -0.39 is 0 Å². The minimum Gasteiger partial charge on any atom is -0.345 e. The number of hydrogen-bond acceptors (Lipinski definition) is 2. The molecule has 2 aromatic rings. The number of aromatic nitrogens is 1. The van der Waals surface area contributed by atoms with Gasteiger partial charge in [-0.3, -0.25) is 9.78 Å². The fraction of sp³-hybridized carbons (Fsp3) is 0.375. The monoisotopic (exact) mass is 256 g/mol. The van der Waals surface area contributed by atoms with E-state index in [2.05, 4.69) is 25.8 Å². The van der Waals surface area contributed by atoms with Crippen LogP contribution in [0.4, 0.5) is 0 Å². The molecular formula is C16H20N2O. The van der Waals surface area contributed by atoms with Gasteiger partial charge in [-0.15, -0.1) is 0 Å². The van der Waals surface area contributed by atoms with Crippen molar-refractivity contribution in [3.8, 4) is 0 Å². The Hall–Kier alpha value is -1.90. The summed E-state index contributed by atoms with van der Waals surface area (Å²) in [5.74, 6) is 0.0156. The molecule has 1 heterocycles. The molecule has 0 bridgehead atoms. The number of carbonyl (C=O) groups excluding carboxylic acids is 1. The van der Waals surface area contributed by atoms with Gasteiger partial charge in [-0.25, -0.2) is 0 Å². The van der Waals surface area contributed by atoms with Crippen LogP contribution < -0.4 is 0 Å². The molecule has 0 radical (unpaired) electrons. The van der Waals surface area contributed by atoms with Gasteiger partial charge in [0.1, 0.15) is 0 Å². The van der Waals surface area contributed by atoms with Crippen molar-refractivity contribution in [3.05, 3.63) is 41.6 Å². The molecule has 0 saturated heterocycles. The molecule has 1 aromatic heterocycles. The summed E-state index contributed by atoms with van der Waals surface area (Å²) in [6.45, 7) is 6.43. The summed E-state index contributed by atoms with van der Waals surface area (Å²) in [6, 6.07) is 9.73. The van der Waals surface area contributed by atoms with Gasteiger partial charge in [-0.2, -0.15) is 0 Å². The minimum atomic E-state index is 0.0156. The van der Waals surface area contributed by atoms with Crippen LogP contribution in [0.15, 0.2) is 30.3 Å². The van der Waals surface area contributed by atoms with Gasteiger partial charge in [0.15, 0.2) is 0 Å². The number of nitrogens with zero attached hydrogens (tertiary/aromatic N) is 2. The van der Waals surface area contributed by atoms with Gasteiger partial charge in [-0.05, 0) is 24.3 Å². The van der Waals surface area contributed by atoms with E-state index in [-0.39, 0.29) is 11.3 Å². The molecule has 0 atom stereocenters. The molecule has 100 valence electrons. The average molecular weight is 256 g/mol. The van der Waals surface area contributed by atoms with Crippen molar-refractivity contribution in [2.24, 2.45) is 0 Å². The number of fused-ring (bicyclic) bond motifs is 1. The molecule has 2 rings (SSSR count). The molecule has 0 spiro atoms. The van der Waals surface area contributed by atoms with Gasteiger partial charge in [0.05, 0.1) is 5.52 Å². The zero-order valence-electron chi connectivity index (χ0n) is 12.2. The van der Waals surface area contributed by atoms with Crippen LogP contribution >= 0.6 is 0 Å². The van der Waals surface area contributed by atoms with Crippen molar-refractivity contribution in [1.82, 2.24) is 9.88 Å². The van der Waals surface area contributed by atoms with Crippen molar-refractivity contribution in [1.29, 1.82) is 0 Å². The van der Waals surface area contributed by atoms with Crippen LogP contribution in [0, 0.1) is 0 Å². The Morgan fingerprint density at radius 3 is 2.37 bits per heavy atom. The van der Waals surface area contributed by atoms with Crippen molar-refractivity contribution in [2.75, 3.05) is 14.1 Å². The number of benzene rings is 1. The van der Waals surface area contributed by atoms with E-state index in [1.165, 1.54) is 0 Å². The summed E-state index contributed by atoms with van der Waals surface area (Å²) in [7, 11) is 3.51. The molecule has 0 N–H and O–H groups in total. The Balaban J connectivity index is 2.49. The van der Waals surface area contributed by atoms with Crippen LogP contribution in [0.5, 0.6) is 0 Å². The predicted octanol–water partition coefficient (Wildman–Crippen LogP) is 3.23. The lowest BCUT2D eigenvalue weighted by molar-refractivity contribution is 0.0828. The molecule has 19 heavy (non-hydrogen) atoms. The Bertz CT molecular complexity index is 624. The lowest BCUT2D eigenvalue weighted by Gasteiger charge is -2.18. The second-order valence-electron chi connectivity index (χ2n) is 6.05. The molecular weight excluding hydrogens is 236 g/mol. The number of pyridine rings is 1. The second-order valence-corrected chi connectivity index (χ2v) is 6.05. The Morgan fingerprint density at radius 1 is 1.11 bits per heavy atom. The fourth-order valence-corrected chi connectivity index (χ4v) is 1.93. The normalized spacial score (nSPS) is 11.6. The summed E-state index contributed by atoms with van der Waals surface area (Å²) in [6.07, 6.45) is 0.